The first-order chi connectivity index (χ1) is 15.2. The lowest BCUT2D eigenvalue weighted by Gasteiger charge is -2.21. The van der Waals surface area contributed by atoms with Crippen LogP contribution < -0.4 is 10.1 Å². The van der Waals surface area contributed by atoms with Crippen molar-refractivity contribution in [2.24, 2.45) is 0 Å². The highest BCUT2D eigenvalue weighted by Crippen LogP contribution is 2.29. The van der Waals surface area contributed by atoms with Crippen molar-refractivity contribution >= 4 is 5.91 Å². The van der Waals surface area contributed by atoms with Crippen LogP contribution in [0.25, 0.3) is 22.8 Å². The maximum Gasteiger partial charge on any atom is 0.252 e. The molecular weight excluding hydrogens is 388 g/mol. The minimum Gasteiger partial charge on any atom is -0.494 e. The largest absolute Gasteiger partial charge is 0.494 e. The van der Waals surface area contributed by atoms with Crippen LogP contribution in [0.5, 0.6) is 5.75 Å². The van der Waals surface area contributed by atoms with Gasteiger partial charge in [-0.3, -0.25) is 4.79 Å². The smallest absolute Gasteiger partial charge is 0.252 e. The highest BCUT2D eigenvalue weighted by molar-refractivity contribution is 6.00. The third-order valence-corrected chi connectivity index (χ3v) is 5.80. The van der Waals surface area contributed by atoms with E-state index in [4.69, 9.17) is 9.15 Å². The molecule has 5 nitrogen and oxygen atoms in total. The summed E-state index contributed by atoms with van der Waals surface area (Å²) >= 11 is 0. The summed E-state index contributed by atoms with van der Waals surface area (Å²) < 4.78 is 11.5. The van der Waals surface area contributed by atoms with Crippen molar-refractivity contribution in [3.63, 3.8) is 0 Å². The van der Waals surface area contributed by atoms with E-state index in [1.165, 1.54) is 32.1 Å². The molecule has 5 heteroatoms. The number of nitrogens with zero attached hydrogens (tertiary/aromatic N) is 1. The zero-order valence-corrected chi connectivity index (χ0v) is 18.1. The van der Waals surface area contributed by atoms with Gasteiger partial charge in [0.2, 0.25) is 5.89 Å². The van der Waals surface area contributed by atoms with Crippen LogP contribution in [0.15, 0.2) is 59.1 Å². The molecule has 162 valence electrons. The van der Waals surface area contributed by atoms with E-state index in [1.54, 1.807) is 6.20 Å². The van der Waals surface area contributed by atoms with Gasteiger partial charge in [-0.2, -0.15) is 0 Å². The number of amides is 1. The van der Waals surface area contributed by atoms with E-state index in [0.29, 0.717) is 29.4 Å². The number of hydrogen-bond acceptors (Lipinski definition) is 4. The van der Waals surface area contributed by atoms with Gasteiger partial charge in [-0.05, 0) is 56.2 Å². The van der Waals surface area contributed by atoms with Gasteiger partial charge in [0.1, 0.15) is 5.75 Å². The summed E-state index contributed by atoms with van der Waals surface area (Å²) in [6.07, 6.45) is 9.99. The molecule has 0 unspecified atom stereocenters. The average molecular weight is 419 g/mol. The van der Waals surface area contributed by atoms with Crippen molar-refractivity contribution in [1.82, 2.24) is 10.3 Å². The van der Waals surface area contributed by atoms with Crippen molar-refractivity contribution in [1.29, 1.82) is 0 Å². The number of benzene rings is 2. The van der Waals surface area contributed by atoms with Crippen LogP contribution >= 0.6 is 0 Å². The minimum atomic E-state index is -0.0537. The summed E-state index contributed by atoms with van der Waals surface area (Å²) in [5.74, 6) is 1.88. The molecule has 3 aromatic rings. The predicted octanol–water partition coefficient (Wildman–Crippen LogP) is 6.25. The fraction of sp³-hybridized carbons (Fsp3) is 0.385. The molecule has 0 saturated heterocycles. The van der Waals surface area contributed by atoms with Crippen LogP contribution in [0.4, 0.5) is 0 Å². The Labute approximate surface area is 183 Å². The van der Waals surface area contributed by atoms with Gasteiger partial charge in [-0.15, -0.1) is 0 Å². The minimum absolute atomic E-state index is 0.0537. The van der Waals surface area contributed by atoms with E-state index in [1.807, 2.05) is 55.5 Å². The molecule has 1 aromatic heterocycles. The molecule has 1 N–H and O–H groups in total. The Morgan fingerprint density at radius 3 is 2.48 bits per heavy atom. The number of ether oxygens (including phenoxy) is 1. The summed E-state index contributed by atoms with van der Waals surface area (Å²) in [5, 5.41) is 3.25. The third-order valence-electron chi connectivity index (χ3n) is 5.80. The van der Waals surface area contributed by atoms with Crippen LogP contribution in [0, 0.1) is 0 Å². The fourth-order valence-corrected chi connectivity index (χ4v) is 4.15. The molecule has 1 aliphatic rings. The molecule has 0 atom stereocenters. The number of nitrogens with one attached hydrogen (secondary N) is 1. The van der Waals surface area contributed by atoms with Crippen molar-refractivity contribution < 1.29 is 13.9 Å². The van der Waals surface area contributed by atoms with E-state index in [9.17, 15) is 4.79 Å². The van der Waals surface area contributed by atoms with Gasteiger partial charge >= 0.3 is 0 Å². The first-order valence-corrected chi connectivity index (χ1v) is 11.3. The molecule has 1 aliphatic carbocycles. The number of aromatic nitrogens is 1. The lowest BCUT2D eigenvalue weighted by Crippen LogP contribution is -2.35. The van der Waals surface area contributed by atoms with E-state index < -0.39 is 0 Å². The van der Waals surface area contributed by atoms with Gasteiger partial charge in [-0.25, -0.2) is 4.98 Å². The van der Waals surface area contributed by atoms with Crippen LogP contribution in [0.3, 0.4) is 0 Å². The zero-order chi connectivity index (χ0) is 21.5. The monoisotopic (exact) mass is 418 g/mol. The summed E-state index contributed by atoms with van der Waals surface area (Å²) in [7, 11) is 0. The molecule has 0 spiro atoms. The molecule has 1 amide bonds. The van der Waals surface area contributed by atoms with Gasteiger partial charge < -0.3 is 14.5 Å². The second-order valence-corrected chi connectivity index (χ2v) is 8.05. The first-order valence-electron chi connectivity index (χ1n) is 11.3. The van der Waals surface area contributed by atoms with Crippen molar-refractivity contribution in [3.05, 3.63) is 60.3 Å². The Kier molecular flexibility index (Phi) is 7.03. The lowest BCUT2D eigenvalue weighted by molar-refractivity contribution is 0.0931. The maximum atomic E-state index is 13.1. The molecule has 2 aromatic carbocycles. The molecule has 31 heavy (non-hydrogen) atoms. The summed E-state index contributed by atoms with van der Waals surface area (Å²) in [6.45, 7) is 2.59. The lowest BCUT2D eigenvalue weighted by atomic mass is 9.96. The Bertz CT molecular complexity index is 986. The molecular formula is C26H30N2O3. The Hall–Kier alpha value is -3.08. The topological polar surface area (TPSA) is 64.4 Å². The molecule has 1 fully saturated rings. The van der Waals surface area contributed by atoms with Crippen LogP contribution in [-0.4, -0.2) is 23.5 Å². The predicted molar refractivity (Wildman–Crippen MR) is 122 cm³/mol. The van der Waals surface area contributed by atoms with E-state index in [2.05, 4.69) is 10.3 Å². The van der Waals surface area contributed by atoms with Gasteiger partial charge in [-0.1, -0.05) is 44.2 Å². The van der Waals surface area contributed by atoms with E-state index in [0.717, 1.165) is 24.2 Å². The van der Waals surface area contributed by atoms with E-state index in [-0.39, 0.29) is 11.9 Å². The van der Waals surface area contributed by atoms with Gasteiger partial charge in [0.05, 0.1) is 18.4 Å². The Balaban J connectivity index is 1.52. The zero-order valence-electron chi connectivity index (χ0n) is 18.1. The molecule has 0 aliphatic heterocycles. The van der Waals surface area contributed by atoms with Crippen LogP contribution in [-0.2, 0) is 0 Å². The van der Waals surface area contributed by atoms with Crippen LogP contribution in [0.1, 0.15) is 62.2 Å². The van der Waals surface area contributed by atoms with E-state index >= 15 is 0 Å². The number of carbonyl (C=O) groups is 1. The average Bonchev–Trinajstić information content (AvgIpc) is 3.26. The molecule has 0 radical (unpaired) electrons. The SMILES string of the molecule is CCOc1ccc(-c2cnc(-c3ccccc3C(=O)NC3CCCCCCC3)o2)cc1. The number of hydrogen-bond donors (Lipinski definition) is 1. The number of carbonyl (C=O) groups excluding carboxylic acids is 1. The summed E-state index contributed by atoms with van der Waals surface area (Å²) in [6, 6.07) is 15.5. The second kappa shape index (κ2) is 10.3. The Morgan fingerprint density at radius 2 is 1.74 bits per heavy atom. The molecule has 4 rings (SSSR count). The fourth-order valence-electron chi connectivity index (χ4n) is 4.15. The van der Waals surface area contributed by atoms with Crippen LogP contribution in [0.2, 0.25) is 0 Å². The summed E-state index contributed by atoms with van der Waals surface area (Å²) in [5.41, 5.74) is 2.23. The first kappa shape index (κ1) is 21.2. The van der Waals surface area contributed by atoms with Crippen molar-refractivity contribution in [3.8, 4) is 28.5 Å². The summed E-state index contributed by atoms with van der Waals surface area (Å²) in [4.78, 5) is 17.5. The standard InChI is InChI=1S/C26H30N2O3/c1-2-30-21-16-14-19(15-17-21)24-18-27-26(31-24)23-13-9-8-12-22(23)25(29)28-20-10-6-4-3-5-7-11-20/h8-9,12-18,20H,2-7,10-11H2,1H3,(H,28,29). The highest BCUT2D eigenvalue weighted by Gasteiger charge is 2.20. The molecule has 1 heterocycles. The normalized spacial score (nSPS) is 15.1. The number of rotatable bonds is 6. The molecule has 0 bridgehead atoms. The molecule has 1 saturated carbocycles. The quantitative estimate of drug-likeness (QED) is 0.514. The third kappa shape index (κ3) is 5.35. The van der Waals surface area contributed by atoms with Gasteiger partial charge in [0.25, 0.3) is 5.91 Å². The van der Waals surface area contributed by atoms with Gasteiger partial charge in [0.15, 0.2) is 5.76 Å². The van der Waals surface area contributed by atoms with Crippen molar-refractivity contribution in [2.75, 3.05) is 6.61 Å². The van der Waals surface area contributed by atoms with Gasteiger partial charge in [0, 0.05) is 17.2 Å². The van der Waals surface area contributed by atoms with Crippen molar-refractivity contribution in [2.45, 2.75) is 57.9 Å². The maximum absolute atomic E-state index is 13.1. The second-order valence-electron chi connectivity index (χ2n) is 8.05. The number of oxazole rings is 1. The highest BCUT2D eigenvalue weighted by atomic mass is 16.5. The Morgan fingerprint density at radius 1 is 1.03 bits per heavy atom.